The van der Waals surface area contributed by atoms with Crippen molar-refractivity contribution in [3.63, 3.8) is 0 Å². The maximum atomic E-state index is 14.9. The molecule has 6 fully saturated rings. The molecule has 2 aromatic heterocycles. The number of H-pyrrole nitrogens is 2. The van der Waals surface area contributed by atoms with E-state index in [1.807, 2.05) is 37.5 Å². The summed E-state index contributed by atoms with van der Waals surface area (Å²) in [4.78, 5) is 78.3. The third-order valence-electron chi connectivity index (χ3n) is 20.3. The summed E-state index contributed by atoms with van der Waals surface area (Å²) in [6.07, 6.45) is 10.8. The second-order valence-electron chi connectivity index (χ2n) is 26.8. The second-order valence-corrected chi connectivity index (χ2v) is 26.8. The molecule has 2 saturated carbocycles. The van der Waals surface area contributed by atoms with Crippen molar-refractivity contribution < 1.29 is 47.6 Å². The summed E-state index contributed by atoms with van der Waals surface area (Å²) in [6, 6.07) is 24.6. The number of carbonyl (C=O) groups is 4. The lowest BCUT2D eigenvalue weighted by Gasteiger charge is -2.38. The van der Waals surface area contributed by atoms with Crippen LogP contribution in [0, 0.1) is 22.7 Å². The quantitative estimate of drug-likeness (QED) is 0.0713. The zero-order chi connectivity index (χ0) is 59.4. The molecule has 6 aromatic rings. The van der Waals surface area contributed by atoms with Crippen molar-refractivity contribution in [1.82, 2.24) is 40.4 Å². The number of fused-ring (bicyclic) bond motifs is 4. The number of likely N-dealkylation sites (tertiary alicyclic amines) is 2. The van der Waals surface area contributed by atoms with E-state index in [9.17, 15) is 19.2 Å². The van der Waals surface area contributed by atoms with Gasteiger partial charge in [0.25, 0.3) is 0 Å². The van der Waals surface area contributed by atoms with Crippen molar-refractivity contribution in [2.24, 2.45) is 22.7 Å². The van der Waals surface area contributed by atoms with Crippen LogP contribution in [0.25, 0.3) is 44.3 Å². The largest absolute Gasteiger partial charge is 0.449 e. The average molecular weight is 1170 g/mol. The maximum Gasteiger partial charge on any atom is 0.407 e. The van der Waals surface area contributed by atoms with Crippen molar-refractivity contribution >= 4 is 46.1 Å². The molecular weight excluding hydrogens is 1090 g/mol. The Labute approximate surface area is 503 Å². The van der Waals surface area contributed by atoms with Gasteiger partial charge in [0, 0.05) is 37.1 Å². The van der Waals surface area contributed by atoms with Gasteiger partial charge in [-0.15, -0.1) is 0 Å². The molecule has 4 bridgehead atoms. The zero-order valence-electron chi connectivity index (χ0n) is 50.7. The molecule has 4 N–H and O–H groups in total. The number of hydrogen-bond acceptors (Lipinski definition) is 12. The Morgan fingerprint density at radius 2 is 1.00 bits per heavy atom. The third kappa shape index (κ3) is 11.5. The number of methoxy groups -OCH3 is 2. The van der Waals surface area contributed by atoms with Crippen LogP contribution < -0.4 is 10.6 Å². The van der Waals surface area contributed by atoms with Crippen molar-refractivity contribution in [2.75, 3.05) is 53.9 Å². The van der Waals surface area contributed by atoms with Gasteiger partial charge in [-0.25, -0.2) is 19.6 Å². The fourth-order valence-corrected chi connectivity index (χ4v) is 15.1. The number of aromatic amines is 2. The zero-order valence-corrected chi connectivity index (χ0v) is 50.7. The van der Waals surface area contributed by atoms with Gasteiger partial charge in [0.05, 0.1) is 72.8 Å². The summed E-state index contributed by atoms with van der Waals surface area (Å²) in [5.74, 6) is 1.83. The highest BCUT2D eigenvalue weighted by Crippen LogP contribution is 2.49. The molecule has 0 spiro atoms. The van der Waals surface area contributed by atoms with Crippen LogP contribution in [0.5, 0.6) is 0 Å². The Kier molecular flexibility index (Phi) is 16.2. The normalized spacial score (nSPS) is 25.2. The van der Waals surface area contributed by atoms with Gasteiger partial charge >= 0.3 is 12.2 Å². The highest BCUT2D eigenvalue weighted by Gasteiger charge is 2.51. The first-order chi connectivity index (χ1) is 41.6. The molecule has 0 radical (unpaired) electrons. The number of imidazole rings is 2. The average Bonchev–Trinajstić information content (AvgIpc) is 3.04. The Morgan fingerprint density at radius 3 is 1.40 bits per heavy atom. The van der Waals surface area contributed by atoms with Crippen LogP contribution in [0.2, 0.25) is 0 Å². The summed E-state index contributed by atoms with van der Waals surface area (Å²) in [5, 5.41) is 5.80. The molecule has 10 atom stereocenters. The van der Waals surface area contributed by atoms with Crippen LogP contribution in [0.15, 0.2) is 72.8 Å². The SMILES string of the molecule is CO[C@H](C)[C@H](NC(=O)OCC1(C)COC1)C(=O)N1[C@H](c2nc3ccc(-c4cc5ccc4CCc4ccc(c(-c6ccc7nc([C@@H]8C[C@@H]9CCCC[C@@H]9N8C(=O)[C@@H](NC(=O)OCC8(C)COC8)[C@@H](C)OC)[nH]c7c6)c4)CC5)cc3[nH]2)C[C@@H]2CCCC[C@@H]21. The third-order valence-corrected chi connectivity index (χ3v) is 20.3. The predicted molar refractivity (Wildman–Crippen MR) is 325 cm³/mol. The molecule has 456 valence electrons. The Hall–Kier alpha value is -6.86. The lowest BCUT2D eigenvalue weighted by Crippen LogP contribution is -2.56. The Balaban J connectivity index is 0.730. The first kappa shape index (κ1) is 58.2. The van der Waals surface area contributed by atoms with Gasteiger partial charge in [0.1, 0.15) is 36.9 Å². The van der Waals surface area contributed by atoms with Gasteiger partial charge in [-0.1, -0.05) is 88.1 Å². The summed E-state index contributed by atoms with van der Waals surface area (Å²) in [7, 11) is 3.13. The van der Waals surface area contributed by atoms with Gasteiger partial charge < -0.3 is 58.8 Å². The van der Waals surface area contributed by atoms with Gasteiger partial charge in [-0.2, -0.15) is 0 Å². The molecule has 4 aliphatic heterocycles. The molecule has 10 aliphatic rings. The number of nitrogens with one attached hydrogen (secondary N) is 4. The number of carbonyl (C=O) groups excluding carboxylic acids is 4. The second kappa shape index (κ2) is 24.0. The minimum Gasteiger partial charge on any atom is -0.449 e. The Morgan fingerprint density at radius 1 is 0.581 bits per heavy atom. The van der Waals surface area contributed by atoms with E-state index in [1.54, 1.807) is 14.2 Å². The monoisotopic (exact) mass is 1170 g/mol. The van der Waals surface area contributed by atoms with Gasteiger partial charge in [0.2, 0.25) is 11.8 Å². The highest BCUT2D eigenvalue weighted by molar-refractivity contribution is 5.89. The highest BCUT2D eigenvalue weighted by atomic mass is 16.6. The molecule has 6 heterocycles. The Bertz CT molecular complexity index is 3290. The summed E-state index contributed by atoms with van der Waals surface area (Å²) >= 11 is 0. The van der Waals surface area contributed by atoms with E-state index < -0.39 is 36.5 Å². The predicted octanol–water partition coefficient (Wildman–Crippen LogP) is 10.7. The van der Waals surface area contributed by atoms with Crippen LogP contribution in [-0.2, 0) is 63.7 Å². The maximum absolute atomic E-state index is 14.9. The van der Waals surface area contributed by atoms with Gasteiger partial charge in [-0.05, 0) is 159 Å². The van der Waals surface area contributed by atoms with Crippen molar-refractivity contribution in [3.05, 3.63) is 107 Å². The number of hydrogen-bond donors (Lipinski definition) is 4. The minimum absolute atomic E-state index is 0.0350. The minimum atomic E-state index is -0.940. The fraction of sp³-hybridized carbons (Fsp3) is 0.559. The van der Waals surface area contributed by atoms with Crippen LogP contribution in [-0.4, -0.2) is 144 Å². The van der Waals surface area contributed by atoms with Gasteiger partial charge in [-0.3, -0.25) is 9.59 Å². The van der Waals surface area contributed by atoms with E-state index in [2.05, 4.69) is 93.4 Å². The van der Waals surface area contributed by atoms with Crippen molar-refractivity contribution in [1.29, 1.82) is 0 Å². The molecule has 4 amide bonds. The van der Waals surface area contributed by atoms with E-state index in [4.69, 9.17) is 38.4 Å². The molecular formula is C68H84N8O10. The van der Waals surface area contributed by atoms with Crippen LogP contribution in [0.4, 0.5) is 9.59 Å². The van der Waals surface area contributed by atoms with Crippen molar-refractivity contribution in [2.45, 2.75) is 166 Å². The summed E-state index contributed by atoms with van der Waals surface area (Å²) in [5.41, 5.74) is 12.8. The molecule has 16 rings (SSSR count). The number of nitrogens with zero attached hydrogens (tertiary/aromatic N) is 4. The molecule has 18 nitrogen and oxygen atoms in total. The molecule has 4 saturated heterocycles. The number of rotatable bonds is 16. The smallest absolute Gasteiger partial charge is 0.407 e. The fourth-order valence-electron chi connectivity index (χ4n) is 15.1. The summed E-state index contributed by atoms with van der Waals surface area (Å²) in [6.45, 7) is 10.2. The molecule has 6 aliphatic carbocycles. The van der Waals surface area contributed by atoms with E-state index in [-0.39, 0.29) is 60.0 Å². The molecule has 18 heteroatoms. The van der Waals surface area contributed by atoms with E-state index in [0.717, 1.165) is 135 Å². The number of ether oxygens (including phenoxy) is 6. The van der Waals surface area contributed by atoms with E-state index >= 15 is 0 Å². The number of alkyl carbamates (subject to hydrolysis) is 2. The van der Waals surface area contributed by atoms with E-state index in [0.29, 0.717) is 38.3 Å². The number of aromatic nitrogens is 4. The number of aryl methyl sites for hydroxylation is 4. The molecule has 86 heavy (non-hydrogen) atoms. The lowest BCUT2D eigenvalue weighted by molar-refractivity contribution is -0.142. The summed E-state index contributed by atoms with van der Waals surface area (Å²) < 4.78 is 33.5. The first-order valence-electron chi connectivity index (χ1n) is 31.6. The lowest BCUT2D eigenvalue weighted by atomic mass is 9.84. The van der Waals surface area contributed by atoms with Crippen LogP contribution in [0.3, 0.4) is 0 Å². The molecule has 4 aromatic carbocycles. The number of benzene rings is 4. The number of amides is 4. The molecule has 0 unspecified atom stereocenters. The van der Waals surface area contributed by atoms with Crippen LogP contribution >= 0.6 is 0 Å². The first-order valence-corrected chi connectivity index (χ1v) is 31.6. The topological polar surface area (TPSA) is 212 Å². The van der Waals surface area contributed by atoms with Gasteiger partial charge in [0.15, 0.2) is 0 Å². The van der Waals surface area contributed by atoms with Crippen LogP contribution in [0.1, 0.15) is 138 Å². The van der Waals surface area contributed by atoms with E-state index in [1.165, 1.54) is 33.4 Å². The van der Waals surface area contributed by atoms with Crippen molar-refractivity contribution in [3.8, 4) is 22.3 Å². The standard InChI is InChI=1S/C68H84N8O10/c1-39(81-5)59(73-65(79)85-37-67(3)33-83-34-67)63(77)75-55-13-9-7-11-47(55)31-57(75)61-69-51-25-23-45(29-53(51)71-61)49-27-41-15-19-43(49)21-17-42-16-20-44(22-18-41)50(28-42)46-24-26-52-54(30-46)72-62(70-52)58-32-48-12-8-10-14-56(48)76(58)64(78)60(40(2)82-6)74-66(80)86-38-68(4)35-84-36-68/h15-16,19-20,23-30,39-40,47-48,55-60H,7-14,17-18,21-22,31-38H2,1-6H3,(H,69,71)(H,70,72)(H,73,79)(H,74,80)/t39-,40-,47+,48+,55+,56+,57+,58+,59+,60+/m1/s1.